The molecule has 2 heterocycles. The smallest absolute Gasteiger partial charge is 0.248 e. The van der Waals surface area contributed by atoms with E-state index in [9.17, 15) is 4.79 Å². The van der Waals surface area contributed by atoms with Gasteiger partial charge in [-0.05, 0) is 49.3 Å². The fourth-order valence-corrected chi connectivity index (χ4v) is 5.81. The summed E-state index contributed by atoms with van der Waals surface area (Å²) in [5.41, 5.74) is 6.95. The molecule has 3 aliphatic rings. The first-order chi connectivity index (χ1) is 13.1. The molecule has 0 spiro atoms. The number of rotatable bonds is 5. The summed E-state index contributed by atoms with van der Waals surface area (Å²) in [5, 5.41) is 0. The molecule has 1 amide bonds. The Balaban J connectivity index is 0.00000225. The van der Waals surface area contributed by atoms with Gasteiger partial charge in [0, 0.05) is 57.4 Å². The molecule has 5 nitrogen and oxygen atoms in total. The lowest BCUT2D eigenvalue weighted by atomic mass is 9.62. The Labute approximate surface area is 174 Å². The van der Waals surface area contributed by atoms with Crippen molar-refractivity contribution in [3.05, 3.63) is 35.4 Å². The Bertz CT molecular complexity index is 664. The molecule has 4 rings (SSSR count). The summed E-state index contributed by atoms with van der Waals surface area (Å²) in [6, 6.07) is 7.83. The van der Waals surface area contributed by atoms with E-state index in [1.165, 1.54) is 38.6 Å². The molecule has 1 saturated carbocycles. The van der Waals surface area contributed by atoms with Crippen molar-refractivity contribution in [2.24, 2.45) is 23.5 Å². The molecule has 3 fully saturated rings. The molecule has 2 bridgehead atoms. The SMILES string of the molecule is COC1(c2cccc(C(N)=O)c2)[C@@H]2CCC[C@H]1CN(CC1CCOCC1)C2.Cl. The summed E-state index contributed by atoms with van der Waals surface area (Å²) in [6.07, 6.45) is 5.98. The monoisotopic (exact) mass is 408 g/mol. The van der Waals surface area contributed by atoms with Crippen LogP contribution in [0.4, 0.5) is 0 Å². The number of nitrogens with zero attached hydrogens (tertiary/aromatic N) is 1. The van der Waals surface area contributed by atoms with E-state index in [0.717, 1.165) is 37.8 Å². The summed E-state index contributed by atoms with van der Waals surface area (Å²) in [4.78, 5) is 14.4. The average molecular weight is 409 g/mol. The van der Waals surface area contributed by atoms with Crippen LogP contribution in [0.3, 0.4) is 0 Å². The van der Waals surface area contributed by atoms with Gasteiger partial charge in [-0.2, -0.15) is 0 Å². The van der Waals surface area contributed by atoms with Gasteiger partial charge in [0.1, 0.15) is 5.60 Å². The van der Waals surface area contributed by atoms with Crippen molar-refractivity contribution in [3.8, 4) is 0 Å². The normalized spacial score (nSPS) is 31.2. The number of nitrogens with two attached hydrogens (primary N) is 1. The molecular formula is C22H33ClN2O3. The van der Waals surface area contributed by atoms with Gasteiger partial charge in [-0.3, -0.25) is 4.79 Å². The molecule has 156 valence electrons. The number of fused-ring (bicyclic) bond motifs is 2. The summed E-state index contributed by atoms with van der Waals surface area (Å²) in [7, 11) is 1.84. The van der Waals surface area contributed by atoms with E-state index in [2.05, 4.69) is 11.0 Å². The number of carbonyl (C=O) groups is 1. The van der Waals surface area contributed by atoms with E-state index in [1.807, 2.05) is 19.2 Å². The second-order valence-electron chi connectivity index (χ2n) is 8.54. The zero-order valence-electron chi connectivity index (χ0n) is 16.8. The summed E-state index contributed by atoms with van der Waals surface area (Å²) in [5.74, 6) is 1.30. The van der Waals surface area contributed by atoms with Crippen LogP contribution in [-0.4, -0.2) is 50.8 Å². The molecule has 2 saturated heterocycles. The highest BCUT2D eigenvalue weighted by atomic mass is 35.5. The van der Waals surface area contributed by atoms with Crippen LogP contribution in [-0.2, 0) is 15.1 Å². The minimum Gasteiger partial charge on any atom is -0.381 e. The van der Waals surface area contributed by atoms with E-state index in [4.69, 9.17) is 15.2 Å². The maximum atomic E-state index is 11.7. The molecule has 1 aromatic carbocycles. The Kier molecular flexibility index (Phi) is 7.02. The lowest BCUT2D eigenvalue weighted by Gasteiger charge is -2.56. The Morgan fingerprint density at radius 1 is 1.21 bits per heavy atom. The van der Waals surface area contributed by atoms with Crippen LogP contribution in [0.5, 0.6) is 0 Å². The third-order valence-electron chi connectivity index (χ3n) is 7.07. The minimum absolute atomic E-state index is 0. The van der Waals surface area contributed by atoms with Crippen LogP contribution in [0.15, 0.2) is 24.3 Å². The molecule has 2 N–H and O–H groups in total. The molecule has 1 unspecified atom stereocenters. The summed E-state index contributed by atoms with van der Waals surface area (Å²) < 4.78 is 11.8. The average Bonchev–Trinajstić information content (AvgIpc) is 2.68. The van der Waals surface area contributed by atoms with Crippen molar-refractivity contribution in [2.45, 2.75) is 37.7 Å². The highest BCUT2D eigenvalue weighted by Gasteiger charge is 2.53. The van der Waals surface area contributed by atoms with Gasteiger partial charge >= 0.3 is 0 Å². The van der Waals surface area contributed by atoms with Crippen molar-refractivity contribution in [1.82, 2.24) is 4.90 Å². The topological polar surface area (TPSA) is 64.8 Å². The molecule has 1 aliphatic carbocycles. The molecule has 6 heteroatoms. The van der Waals surface area contributed by atoms with Crippen LogP contribution in [0.2, 0.25) is 0 Å². The second-order valence-corrected chi connectivity index (χ2v) is 8.54. The third kappa shape index (κ3) is 3.95. The number of amides is 1. The highest BCUT2D eigenvalue weighted by molar-refractivity contribution is 5.92. The summed E-state index contributed by atoms with van der Waals surface area (Å²) >= 11 is 0. The first-order valence-corrected chi connectivity index (χ1v) is 10.4. The van der Waals surface area contributed by atoms with Crippen molar-refractivity contribution < 1.29 is 14.3 Å². The molecule has 28 heavy (non-hydrogen) atoms. The van der Waals surface area contributed by atoms with E-state index >= 15 is 0 Å². The largest absolute Gasteiger partial charge is 0.381 e. The lowest BCUT2D eigenvalue weighted by Crippen LogP contribution is -2.59. The molecule has 2 aliphatic heterocycles. The zero-order valence-corrected chi connectivity index (χ0v) is 17.6. The van der Waals surface area contributed by atoms with Crippen molar-refractivity contribution in [1.29, 1.82) is 0 Å². The van der Waals surface area contributed by atoms with Gasteiger partial charge in [-0.25, -0.2) is 0 Å². The number of benzene rings is 1. The number of hydrogen-bond donors (Lipinski definition) is 1. The van der Waals surface area contributed by atoms with Gasteiger partial charge in [0.2, 0.25) is 5.91 Å². The van der Waals surface area contributed by atoms with Gasteiger partial charge in [-0.15, -0.1) is 12.4 Å². The van der Waals surface area contributed by atoms with Crippen LogP contribution in [0.1, 0.15) is 48.0 Å². The predicted molar refractivity (Wildman–Crippen MR) is 112 cm³/mol. The van der Waals surface area contributed by atoms with E-state index in [1.54, 1.807) is 6.07 Å². The maximum absolute atomic E-state index is 11.7. The van der Waals surface area contributed by atoms with E-state index in [0.29, 0.717) is 17.4 Å². The Morgan fingerprint density at radius 3 is 2.50 bits per heavy atom. The van der Waals surface area contributed by atoms with Crippen molar-refractivity contribution in [2.75, 3.05) is 40.0 Å². The van der Waals surface area contributed by atoms with Crippen molar-refractivity contribution in [3.63, 3.8) is 0 Å². The second kappa shape index (κ2) is 9.12. The van der Waals surface area contributed by atoms with Gasteiger partial charge < -0.3 is 20.1 Å². The third-order valence-corrected chi connectivity index (χ3v) is 7.07. The maximum Gasteiger partial charge on any atom is 0.248 e. The van der Waals surface area contributed by atoms with E-state index < -0.39 is 0 Å². The molecular weight excluding hydrogens is 376 g/mol. The number of ether oxygens (including phenoxy) is 2. The first-order valence-electron chi connectivity index (χ1n) is 10.4. The molecule has 0 aromatic heterocycles. The minimum atomic E-state index is -0.370. The molecule has 0 radical (unpaired) electrons. The highest BCUT2D eigenvalue weighted by Crippen LogP contribution is 2.51. The van der Waals surface area contributed by atoms with E-state index in [-0.39, 0.29) is 23.9 Å². The Hall–Kier alpha value is -1.14. The van der Waals surface area contributed by atoms with Crippen LogP contribution in [0.25, 0.3) is 0 Å². The van der Waals surface area contributed by atoms with Crippen LogP contribution >= 0.6 is 12.4 Å². The van der Waals surface area contributed by atoms with Gasteiger partial charge in [-0.1, -0.05) is 18.6 Å². The number of primary amides is 1. The zero-order chi connectivity index (χ0) is 18.9. The fourth-order valence-electron chi connectivity index (χ4n) is 5.81. The fraction of sp³-hybridized carbons (Fsp3) is 0.682. The van der Waals surface area contributed by atoms with Crippen LogP contribution in [0, 0.1) is 17.8 Å². The van der Waals surface area contributed by atoms with Gasteiger partial charge in [0.15, 0.2) is 0 Å². The molecule has 3 atom stereocenters. The number of piperidine rings is 1. The van der Waals surface area contributed by atoms with Crippen LogP contribution < -0.4 is 5.73 Å². The van der Waals surface area contributed by atoms with Gasteiger partial charge in [0.05, 0.1) is 0 Å². The number of likely N-dealkylation sites (tertiary alicyclic amines) is 1. The van der Waals surface area contributed by atoms with Crippen molar-refractivity contribution >= 4 is 18.3 Å². The number of halogens is 1. The van der Waals surface area contributed by atoms with Gasteiger partial charge in [0.25, 0.3) is 0 Å². The molecule has 1 aromatic rings. The number of carbonyl (C=O) groups excluding carboxylic acids is 1. The number of hydrogen-bond acceptors (Lipinski definition) is 4. The quantitative estimate of drug-likeness (QED) is 0.812. The Morgan fingerprint density at radius 2 is 1.89 bits per heavy atom. The lowest BCUT2D eigenvalue weighted by molar-refractivity contribution is -0.171. The first kappa shape index (κ1) is 21.6. The standard InChI is InChI=1S/C22H32N2O3.ClH/c1-26-22(18-5-2-4-17(12-18)21(23)25)19-6-3-7-20(22)15-24(14-19)13-16-8-10-27-11-9-16;/h2,4-5,12,16,19-20H,3,6-11,13-15H2,1H3,(H2,23,25);1H/t19-,20+,22?;. The number of methoxy groups -OCH3 is 1. The summed E-state index contributed by atoms with van der Waals surface area (Å²) in [6.45, 7) is 5.14. The predicted octanol–water partition coefficient (Wildman–Crippen LogP) is 3.21.